The van der Waals surface area contributed by atoms with Crippen molar-refractivity contribution in [1.82, 2.24) is 14.7 Å². The largest absolute Gasteiger partial charge is 0.335 e. The summed E-state index contributed by atoms with van der Waals surface area (Å²) in [6.07, 6.45) is 2.28. The Kier molecular flexibility index (Phi) is 5.82. The van der Waals surface area contributed by atoms with Crippen molar-refractivity contribution in [3.63, 3.8) is 0 Å². The van der Waals surface area contributed by atoms with Gasteiger partial charge in [0, 0.05) is 31.2 Å². The van der Waals surface area contributed by atoms with E-state index in [0.29, 0.717) is 30.8 Å². The average molecular weight is 367 g/mol. The van der Waals surface area contributed by atoms with Gasteiger partial charge >= 0.3 is 0 Å². The van der Waals surface area contributed by atoms with Crippen molar-refractivity contribution in [3.05, 3.63) is 29.6 Å². The van der Waals surface area contributed by atoms with Crippen molar-refractivity contribution in [2.24, 2.45) is 0 Å². The average Bonchev–Trinajstić information content (AvgIpc) is 3.01. The summed E-state index contributed by atoms with van der Waals surface area (Å²) in [6.45, 7) is 9.42. The van der Waals surface area contributed by atoms with Gasteiger partial charge in [0.1, 0.15) is 0 Å². The van der Waals surface area contributed by atoms with Gasteiger partial charge in [0.25, 0.3) is 0 Å². The first-order valence-corrected chi connectivity index (χ1v) is 10.1. The number of hydrogen-bond donors (Lipinski definition) is 0. The van der Waals surface area contributed by atoms with Crippen LogP contribution in [0.1, 0.15) is 41.5 Å². The fraction of sp³-hybridized carbons (Fsp3) is 0.588. The molecule has 2 rings (SSSR count). The van der Waals surface area contributed by atoms with E-state index >= 15 is 0 Å². The van der Waals surface area contributed by atoms with E-state index in [2.05, 4.69) is 11.7 Å². The summed E-state index contributed by atoms with van der Waals surface area (Å²) in [5.41, 5.74) is 2.00. The van der Waals surface area contributed by atoms with E-state index in [4.69, 9.17) is 0 Å². The molecule has 7 nitrogen and oxygen atoms in total. The van der Waals surface area contributed by atoms with Crippen LogP contribution in [-0.2, 0) is 21.2 Å². The Bertz CT molecular complexity index is 795. The smallest absolute Gasteiger partial charge is 0.224 e. The Balaban J connectivity index is 2.08. The Morgan fingerprint density at radius 3 is 2.56 bits per heavy atom. The first kappa shape index (κ1) is 19.4. The third kappa shape index (κ3) is 4.36. The molecule has 2 heterocycles. The van der Waals surface area contributed by atoms with Crippen LogP contribution >= 0.6 is 0 Å². The summed E-state index contributed by atoms with van der Waals surface area (Å²) < 4.78 is 25.0. The molecule has 0 aromatic carbocycles. The fourth-order valence-corrected chi connectivity index (χ4v) is 5.11. The molecule has 0 saturated carbocycles. The van der Waals surface area contributed by atoms with Crippen molar-refractivity contribution in [3.8, 4) is 0 Å². The summed E-state index contributed by atoms with van der Waals surface area (Å²) in [6, 6.07) is -0.288. The molecule has 1 aliphatic rings. The Morgan fingerprint density at radius 1 is 1.40 bits per heavy atom. The van der Waals surface area contributed by atoms with Crippen LogP contribution in [-0.4, -0.2) is 58.9 Å². The molecule has 1 saturated heterocycles. The third-order valence-corrected chi connectivity index (χ3v) is 6.32. The molecule has 0 N–H and O–H groups in total. The molecule has 1 fully saturated rings. The first-order chi connectivity index (χ1) is 11.7. The number of Topliss-reactive ketones (excluding diaryl/α,β-unsaturated/α-hetero) is 1. The number of ketones is 1. The molecule has 1 atom stereocenters. The SMILES string of the molecule is C=CCN(C(=O)CCn1nc(C)c(C(C)=O)c1C)C1CCS(=O)(=O)C1. The number of hydrogen-bond acceptors (Lipinski definition) is 5. The molecule has 0 spiro atoms. The molecule has 0 radical (unpaired) electrons. The summed E-state index contributed by atoms with van der Waals surface area (Å²) in [7, 11) is -3.06. The summed E-state index contributed by atoms with van der Waals surface area (Å²) in [5.74, 6) is -0.0325. The van der Waals surface area contributed by atoms with E-state index in [9.17, 15) is 18.0 Å². The van der Waals surface area contributed by atoms with E-state index in [1.54, 1.807) is 22.6 Å². The number of rotatable bonds is 7. The molecule has 8 heteroatoms. The zero-order valence-corrected chi connectivity index (χ0v) is 15.8. The number of aryl methyl sites for hydroxylation is 2. The molecule has 25 heavy (non-hydrogen) atoms. The van der Waals surface area contributed by atoms with E-state index in [-0.39, 0.29) is 35.7 Å². The fourth-order valence-electron chi connectivity index (χ4n) is 3.38. The molecule has 1 unspecified atom stereocenters. The van der Waals surface area contributed by atoms with Crippen LogP contribution < -0.4 is 0 Å². The molecule has 0 bridgehead atoms. The molecule has 0 aliphatic carbocycles. The maximum absolute atomic E-state index is 12.6. The van der Waals surface area contributed by atoms with Crippen LogP contribution in [0.2, 0.25) is 0 Å². The highest BCUT2D eigenvalue weighted by molar-refractivity contribution is 7.91. The minimum atomic E-state index is -3.06. The number of sulfone groups is 1. The topological polar surface area (TPSA) is 89.3 Å². The summed E-state index contributed by atoms with van der Waals surface area (Å²) >= 11 is 0. The predicted octanol–water partition coefficient (Wildman–Crippen LogP) is 1.29. The van der Waals surface area contributed by atoms with Gasteiger partial charge < -0.3 is 4.90 Å². The molecular weight excluding hydrogens is 342 g/mol. The van der Waals surface area contributed by atoms with Gasteiger partial charge in [-0.3, -0.25) is 14.3 Å². The van der Waals surface area contributed by atoms with Gasteiger partial charge in [-0.2, -0.15) is 5.10 Å². The number of nitrogens with zero attached hydrogens (tertiary/aromatic N) is 3. The van der Waals surface area contributed by atoms with Crippen molar-refractivity contribution in [2.75, 3.05) is 18.1 Å². The number of amides is 1. The third-order valence-electron chi connectivity index (χ3n) is 4.57. The Morgan fingerprint density at radius 2 is 2.08 bits per heavy atom. The van der Waals surface area contributed by atoms with Crippen LogP contribution in [0.5, 0.6) is 0 Å². The highest BCUT2D eigenvalue weighted by atomic mass is 32.2. The van der Waals surface area contributed by atoms with E-state index in [1.165, 1.54) is 6.92 Å². The minimum Gasteiger partial charge on any atom is -0.335 e. The van der Waals surface area contributed by atoms with Gasteiger partial charge in [0.2, 0.25) is 5.91 Å². The minimum absolute atomic E-state index is 0.0149. The van der Waals surface area contributed by atoms with E-state index in [0.717, 1.165) is 5.69 Å². The highest BCUT2D eigenvalue weighted by Gasteiger charge is 2.34. The van der Waals surface area contributed by atoms with Crippen LogP contribution in [0.25, 0.3) is 0 Å². The predicted molar refractivity (Wildman–Crippen MR) is 95.3 cm³/mol. The van der Waals surface area contributed by atoms with Gasteiger partial charge in [0.15, 0.2) is 15.6 Å². The second kappa shape index (κ2) is 7.51. The van der Waals surface area contributed by atoms with Gasteiger partial charge in [-0.25, -0.2) is 8.42 Å². The van der Waals surface area contributed by atoms with Crippen molar-refractivity contribution in [2.45, 2.75) is 46.2 Å². The number of carbonyl (C=O) groups is 2. The zero-order valence-electron chi connectivity index (χ0n) is 15.0. The van der Waals surface area contributed by atoms with Gasteiger partial charge in [-0.1, -0.05) is 6.08 Å². The number of carbonyl (C=O) groups excluding carboxylic acids is 2. The zero-order chi connectivity index (χ0) is 18.8. The maximum atomic E-state index is 12.6. The summed E-state index contributed by atoms with van der Waals surface area (Å²) in [5, 5.41) is 4.34. The molecule has 1 aliphatic heterocycles. The van der Waals surface area contributed by atoms with Gasteiger partial charge in [-0.05, 0) is 27.2 Å². The number of aromatic nitrogens is 2. The second-order valence-electron chi connectivity index (χ2n) is 6.47. The maximum Gasteiger partial charge on any atom is 0.224 e. The Hall–Kier alpha value is -1.96. The molecule has 1 aromatic heterocycles. The normalized spacial score (nSPS) is 18.9. The van der Waals surface area contributed by atoms with Gasteiger partial charge in [-0.15, -0.1) is 6.58 Å². The van der Waals surface area contributed by atoms with Crippen molar-refractivity contribution < 1.29 is 18.0 Å². The summed E-state index contributed by atoms with van der Waals surface area (Å²) in [4.78, 5) is 25.9. The molecular formula is C17H25N3O4S. The first-order valence-electron chi connectivity index (χ1n) is 8.32. The monoisotopic (exact) mass is 367 g/mol. The lowest BCUT2D eigenvalue weighted by Crippen LogP contribution is -2.41. The molecule has 138 valence electrons. The highest BCUT2D eigenvalue weighted by Crippen LogP contribution is 2.19. The van der Waals surface area contributed by atoms with Crippen LogP contribution in [0, 0.1) is 13.8 Å². The van der Waals surface area contributed by atoms with Crippen molar-refractivity contribution >= 4 is 21.5 Å². The van der Waals surface area contributed by atoms with Crippen LogP contribution in [0.3, 0.4) is 0 Å². The van der Waals surface area contributed by atoms with Gasteiger partial charge in [0.05, 0.1) is 22.8 Å². The van der Waals surface area contributed by atoms with Crippen LogP contribution in [0.4, 0.5) is 0 Å². The van der Waals surface area contributed by atoms with E-state index < -0.39 is 9.84 Å². The standard InChI is InChI=1S/C17H25N3O4S/c1-5-8-19(15-7-10-25(23,24)11-15)16(22)6-9-20-13(3)17(14(4)21)12(2)18-20/h5,15H,1,6-11H2,2-4H3. The lowest BCUT2D eigenvalue weighted by atomic mass is 10.1. The van der Waals surface area contributed by atoms with Crippen LogP contribution in [0.15, 0.2) is 12.7 Å². The quantitative estimate of drug-likeness (QED) is 0.535. The lowest BCUT2D eigenvalue weighted by Gasteiger charge is -2.27. The second-order valence-corrected chi connectivity index (χ2v) is 8.70. The molecule has 1 amide bonds. The Labute approximate surface area is 148 Å². The molecule has 1 aromatic rings. The van der Waals surface area contributed by atoms with E-state index in [1.807, 2.05) is 6.92 Å². The van der Waals surface area contributed by atoms with Crippen molar-refractivity contribution in [1.29, 1.82) is 0 Å². The lowest BCUT2D eigenvalue weighted by molar-refractivity contribution is -0.132.